The summed E-state index contributed by atoms with van der Waals surface area (Å²) in [5.41, 5.74) is 0. The van der Waals surface area contributed by atoms with E-state index in [9.17, 15) is 4.79 Å². The lowest BCUT2D eigenvalue weighted by Gasteiger charge is -2.13. The van der Waals surface area contributed by atoms with E-state index >= 15 is 0 Å². The summed E-state index contributed by atoms with van der Waals surface area (Å²) >= 11 is 0. The molecule has 0 spiro atoms. The smallest absolute Gasteiger partial charge is 0.249 e. The summed E-state index contributed by atoms with van der Waals surface area (Å²) < 4.78 is 5.31. The van der Waals surface area contributed by atoms with Gasteiger partial charge in [-0.15, -0.1) is 0 Å². The minimum atomic E-state index is -0.244. The van der Waals surface area contributed by atoms with E-state index in [0.29, 0.717) is 5.92 Å². The maximum atomic E-state index is 11.2. The van der Waals surface area contributed by atoms with Crippen LogP contribution in [0.5, 0.6) is 0 Å². The number of hydrogen-bond acceptors (Lipinski definition) is 3. The monoisotopic (exact) mass is 182 g/mol. The van der Waals surface area contributed by atoms with Crippen LogP contribution in [0.2, 0.25) is 0 Å². The SMILES string of the molecule is COC(C1=NC(C)C(=O)N1)C1CC1. The van der Waals surface area contributed by atoms with E-state index in [1.165, 1.54) is 12.8 Å². The van der Waals surface area contributed by atoms with Gasteiger partial charge in [0.15, 0.2) is 0 Å². The van der Waals surface area contributed by atoms with Crippen molar-refractivity contribution in [3.05, 3.63) is 0 Å². The predicted octanol–water partition coefficient (Wildman–Crippen LogP) is 0.328. The Morgan fingerprint density at radius 2 is 2.31 bits per heavy atom. The van der Waals surface area contributed by atoms with Crippen LogP contribution in [-0.4, -0.2) is 31.0 Å². The molecule has 2 rings (SSSR count). The summed E-state index contributed by atoms with van der Waals surface area (Å²) in [5, 5.41) is 2.76. The van der Waals surface area contributed by atoms with Crippen molar-refractivity contribution < 1.29 is 9.53 Å². The van der Waals surface area contributed by atoms with E-state index in [1.54, 1.807) is 14.0 Å². The van der Waals surface area contributed by atoms with E-state index in [-0.39, 0.29) is 18.1 Å². The third-order valence-corrected chi connectivity index (χ3v) is 2.54. The van der Waals surface area contributed by atoms with Gasteiger partial charge in [-0.05, 0) is 25.7 Å². The highest BCUT2D eigenvalue weighted by Crippen LogP contribution is 2.34. The van der Waals surface area contributed by atoms with Crippen molar-refractivity contribution in [3.8, 4) is 0 Å². The largest absolute Gasteiger partial charge is 0.373 e. The van der Waals surface area contributed by atoms with E-state index in [2.05, 4.69) is 10.3 Å². The number of rotatable bonds is 3. The zero-order valence-corrected chi connectivity index (χ0v) is 7.91. The average Bonchev–Trinajstić information content (AvgIpc) is 2.84. The van der Waals surface area contributed by atoms with E-state index < -0.39 is 0 Å². The fourth-order valence-electron chi connectivity index (χ4n) is 1.60. The molecule has 4 heteroatoms. The van der Waals surface area contributed by atoms with Crippen LogP contribution in [0, 0.1) is 5.92 Å². The molecule has 4 nitrogen and oxygen atoms in total. The van der Waals surface area contributed by atoms with Gasteiger partial charge in [-0.3, -0.25) is 9.79 Å². The van der Waals surface area contributed by atoms with E-state index in [4.69, 9.17) is 4.74 Å². The second-order valence-electron chi connectivity index (χ2n) is 3.67. The molecule has 2 aliphatic rings. The summed E-state index contributed by atoms with van der Waals surface area (Å²) in [6.07, 6.45) is 2.37. The van der Waals surface area contributed by atoms with Crippen LogP contribution in [0.4, 0.5) is 0 Å². The van der Waals surface area contributed by atoms with Crippen molar-refractivity contribution in [2.75, 3.05) is 7.11 Å². The van der Waals surface area contributed by atoms with Gasteiger partial charge in [0.1, 0.15) is 18.0 Å². The minimum Gasteiger partial charge on any atom is -0.373 e. The number of amides is 1. The highest BCUT2D eigenvalue weighted by molar-refractivity contribution is 6.07. The van der Waals surface area contributed by atoms with Gasteiger partial charge in [0.2, 0.25) is 5.91 Å². The molecule has 1 fully saturated rings. The Kier molecular flexibility index (Phi) is 2.07. The lowest BCUT2D eigenvalue weighted by Crippen LogP contribution is -2.37. The average molecular weight is 182 g/mol. The van der Waals surface area contributed by atoms with Gasteiger partial charge in [-0.25, -0.2) is 0 Å². The first-order chi connectivity index (χ1) is 6.22. The molecule has 1 heterocycles. The molecule has 2 atom stereocenters. The molecule has 0 aromatic carbocycles. The minimum absolute atomic E-state index is 0.00824. The normalized spacial score (nSPS) is 29.8. The van der Waals surface area contributed by atoms with Gasteiger partial charge >= 0.3 is 0 Å². The number of aliphatic imine (C=N–C) groups is 1. The predicted molar refractivity (Wildman–Crippen MR) is 48.6 cm³/mol. The number of carbonyl (C=O) groups excluding carboxylic acids is 1. The lowest BCUT2D eigenvalue weighted by atomic mass is 10.2. The van der Waals surface area contributed by atoms with E-state index in [0.717, 1.165) is 5.84 Å². The second-order valence-corrected chi connectivity index (χ2v) is 3.67. The Labute approximate surface area is 77.4 Å². The Morgan fingerprint density at radius 3 is 2.69 bits per heavy atom. The number of ether oxygens (including phenoxy) is 1. The Morgan fingerprint density at radius 1 is 1.62 bits per heavy atom. The lowest BCUT2D eigenvalue weighted by molar-refractivity contribution is -0.119. The standard InChI is InChI=1S/C9H14N2O2/c1-5-9(12)11-8(10-5)7(13-2)6-3-4-6/h5-7H,3-4H2,1-2H3,(H,10,11,12). The fourth-order valence-corrected chi connectivity index (χ4v) is 1.60. The van der Waals surface area contributed by atoms with Crippen molar-refractivity contribution in [1.29, 1.82) is 0 Å². The zero-order chi connectivity index (χ0) is 9.42. The molecule has 0 aromatic rings. The molecule has 0 saturated heterocycles. The molecule has 1 amide bonds. The molecular weight excluding hydrogens is 168 g/mol. The van der Waals surface area contributed by atoms with Gasteiger partial charge in [0.05, 0.1) is 0 Å². The molecule has 1 N–H and O–H groups in total. The summed E-state index contributed by atoms with van der Waals surface area (Å²) in [4.78, 5) is 15.4. The Bertz CT molecular complexity index is 258. The Balaban J connectivity index is 2.07. The van der Waals surface area contributed by atoms with Crippen molar-refractivity contribution >= 4 is 11.7 Å². The summed E-state index contributed by atoms with van der Waals surface area (Å²) in [5.74, 6) is 1.27. The highest BCUT2D eigenvalue weighted by Gasteiger charge is 2.38. The molecule has 1 aliphatic heterocycles. The van der Waals surface area contributed by atoms with Crippen LogP contribution in [-0.2, 0) is 9.53 Å². The molecule has 72 valence electrons. The number of nitrogens with zero attached hydrogens (tertiary/aromatic N) is 1. The molecule has 0 bridgehead atoms. The third kappa shape index (κ3) is 1.58. The molecular formula is C9H14N2O2. The van der Waals surface area contributed by atoms with Crippen LogP contribution in [0.15, 0.2) is 4.99 Å². The van der Waals surface area contributed by atoms with Crippen molar-refractivity contribution in [2.45, 2.75) is 31.9 Å². The number of carbonyl (C=O) groups is 1. The highest BCUT2D eigenvalue weighted by atomic mass is 16.5. The molecule has 1 aliphatic carbocycles. The van der Waals surface area contributed by atoms with Crippen LogP contribution in [0.25, 0.3) is 0 Å². The number of methoxy groups -OCH3 is 1. The van der Waals surface area contributed by atoms with Crippen LogP contribution in [0.1, 0.15) is 19.8 Å². The molecule has 0 radical (unpaired) electrons. The van der Waals surface area contributed by atoms with Crippen molar-refractivity contribution in [3.63, 3.8) is 0 Å². The first-order valence-electron chi connectivity index (χ1n) is 4.63. The first kappa shape index (κ1) is 8.69. The van der Waals surface area contributed by atoms with Gasteiger partial charge in [0, 0.05) is 7.11 Å². The topological polar surface area (TPSA) is 50.7 Å². The van der Waals surface area contributed by atoms with Crippen LogP contribution in [0.3, 0.4) is 0 Å². The number of nitrogens with one attached hydrogen (secondary N) is 1. The summed E-state index contributed by atoms with van der Waals surface area (Å²) in [6, 6.07) is -0.244. The molecule has 2 unspecified atom stereocenters. The maximum Gasteiger partial charge on any atom is 0.249 e. The van der Waals surface area contributed by atoms with Gasteiger partial charge in [0.25, 0.3) is 0 Å². The second kappa shape index (κ2) is 3.10. The van der Waals surface area contributed by atoms with Gasteiger partial charge in [-0.2, -0.15) is 0 Å². The van der Waals surface area contributed by atoms with E-state index in [1.807, 2.05) is 0 Å². The van der Waals surface area contributed by atoms with Gasteiger partial charge < -0.3 is 10.1 Å². The van der Waals surface area contributed by atoms with Crippen LogP contribution < -0.4 is 5.32 Å². The summed E-state index contributed by atoms with van der Waals surface area (Å²) in [6.45, 7) is 1.79. The zero-order valence-electron chi connectivity index (χ0n) is 7.91. The first-order valence-corrected chi connectivity index (χ1v) is 4.63. The molecule has 0 aromatic heterocycles. The Hall–Kier alpha value is -0.900. The fraction of sp³-hybridized carbons (Fsp3) is 0.778. The van der Waals surface area contributed by atoms with Crippen LogP contribution >= 0.6 is 0 Å². The molecule has 1 saturated carbocycles. The van der Waals surface area contributed by atoms with Gasteiger partial charge in [-0.1, -0.05) is 0 Å². The van der Waals surface area contributed by atoms with Crippen molar-refractivity contribution in [1.82, 2.24) is 5.32 Å². The number of hydrogen-bond donors (Lipinski definition) is 1. The quantitative estimate of drug-likeness (QED) is 0.683. The maximum absolute atomic E-state index is 11.2. The molecule has 13 heavy (non-hydrogen) atoms. The van der Waals surface area contributed by atoms with Crippen molar-refractivity contribution in [2.24, 2.45) is 10.9 Å². The third-order valence-electron chi connectivity index (χ3n) is 2.54. The summed E-state index contributed by atoms with van der Waals surface area (Å²) in [7, 11) is 1.67. The number of amidine groups is 1.